The SMILES string of the molecule is CCCCC/C=C/C/C=C/C/C=C/CCCCCCC(=O)OC[C@H](CO[C@H]1O[C@H](CS(=O)(=O)O)[C@@H](O)C(O)C1O)OC(=O)CCCCCCCC=C=CCCCCCCC. The molecular weight excluding hydrogens is 789 g/mol. The largest absolute Gasteiger partial charge is 0.462 e. The van der Waals surface area contributed by atoms with Crippen molar-refractivity contribution in [2.45, 2.75) is 211 Å². The molecule has 1 fully saturated rings. The summed E-state index contributed by atoms with van der Waals surface area (Å²) in [7, 11) is -4.61. The minimum absolute atomic E-state index is 0.137. The van der Waals surface area contributed by atoms with Crippen molar-refractivity contribution in [3.63, 3.8) is 0 Å². The van der Waals surface area contributed by atoms with Crippen LogP contribution in [0.4, 0.5) is 0 Å². The number of allylic oxidation sites excluding steroid dienone is 7. The van der Waals surface area contributed by atoms with Gasteiger partial charge < -0.3 is 34.3 Å². The van der Waals surface area contributed by atoms with Crippen LogP contribution in [0.2, 0.25) is 0 Å². The van der Waals surface area contributed by atoms with E-state index in [0.29, 0.717) is 12.8 Å². The van der Waals surface area contributed by atoms with Crippen LogP contribution in [0.15, 0.2) is 54.3 Å². The summed E-state index contributed by atoms with van der Waals surface area (Å²) in [5, 5.41) is 30.9. The van der Waals surface area contributed by atoms with Crippen LogP contribution in [-0.4, -0.2) is 96.0 Å². The second kappa shape index (κ2) is 37.0. The second-order valence-electron chi connectivity index (χ2n) is 15.8. The van der Waals surface area contributed by atoms with Crippen molar-refractivity contribution in [2.24, 2.45) is 0 Å². The van der Waals surface area contributed by atoms with Crippen molar-refractivity contribution in [2.75, 3.05) is 19.0 Å². The first kappa shape index (κ1) is 55.4. The lowest BCUT2D eigenvalue weighted by atomic mass is 10.00. The van der Waals surface area contributed by atoms with Crippen molar-refractivity contribution >= 4 is 22.1 Å². The van der Waals surface area contributed by atoms with Gasteiger partial charge in [-0.25, -0.2) is 0 Å². The molecule has 1 aliphatic heterocycles. The molecule has 6 atom stereocenters. The first-order valence-corrected chi connectivity index (χ1v) is 24.5. The lowest BCUT2D eigenvalue weighted by Gasteiger charge is -2.40. The summed E-state index contributed by atoms with van der Waals surface area (Å²) in [6.45, 7) is 3.67. The maximum absolute atomic E-state index is 12.8. The molecule has 0 aromatic heterocycles. The maximum Gasteiger partial charge on any atom is 0.306 e. The molecule has 4 N–H and O–H groups in total. The number of hydrogen-bond acceptors (Lipinski definition) is 11. The van der Waals surface area contributed by atoms with Gasteiger partial charge in [0.2, 0.25) is 0 Å². The highest BCUT2D eigenvalue weighted by molar-refractivity contribution is 7.85. The van der Waals surface area contributed by atoms with Gasteiger partial charge in [0.05, 0.1) is 6.61 Å². The van der Waals surface area contributed by atoms with Crippen molar-refractivity contribution in [3.05, 3.63) is 54.3 Å². The molecule has 346 valence electrons. The summed E-state index contributed by atoms with van der Waals surface area (Å²) >= 11 is 0. The maximum atomic E-state index is 12.8. The van der Waals surface area contributed by atoms with Crippen molar-refractivity contribution in [1.29, 1.82) is 0 Å². The van der Waals surface area contributed by atoms with Gasteiger partial charge >= 0.3 is 11.9 Å². The number of ether oxygens (including phenoxy) is 4. The summed E-state index contributed by atoms with van der Waals surface area (Å²) in [6, 6.07) is 0. The molecule has 0 aliphatic carbocycles. The van der Waals surface area contributed by atoms with Gasteiger partial charge in [0.25, 0.3) is 10.1 Å². The van der Waals surface area contributed by atoms with E-state index in [9.17, 15) is 37.9 Å². The van der Waals surface area contributed by atoms with Gasteiger partial charge in [0.15, 0.2) is 12.4 Å². The number of hydrogen-bond donors (Lipinski definition) is 4. The van der Waals surface area contributed by atoms with Gasteiger partial charge in [0.1, 0.15) is 36.8 Å². The Balaban J connectivity index is 2.48. The van der Waals surface area contributed by atoms with E-state index in [2.05, 4.69) is 68.2 Å². The van der Waals surface area contributed by atoms with E-state index in [-0.39, 0.29) is 19.4 Å². The highest BCUT2D eigenvalue weighted by Gasteiger charge is 2.46. The monoisotopic (exact) mass is 869 g/mol. The fourth-order valence-corrected chi connectivity index (χ4v) is 7.23. The molecule has 13 heteroatoms. The molecule has 2 unspecified atom stereocenters. The third-order valence-electron chi connectivity index (χ3n) is 10.2. The lowest BCUT2D eigenvalue weighted by Crippen LogP contribution is -2.60. The van der Waals surface area contributed by atoms with Crippen LogP contribution in [0.1, 0.15) is 174 Å². The van der Waals surface area contributed by atoms with Gasteiger partial charge in [-0.3, -0.25) is 14.1 Å². The quantitative estimate of drug-likeness (QED) is 0.0153. The Kier molecular flexibility index (Phi) is 34.2. The second-order valence-corrected chi connectivity index (χ2v) is 17.3. The van der Waals surface area contributed by atoms with Gasteiger partial charge in [-0.15, -0.1) is 5.73 Å². The predicted octanol–water partition coefficient (Wildman–Crippen LogP) is 9.33. The highest BCUT2D eigenvalue weighted by atomic mass is 32.2. The third kappa shape index (κ3) is 31.3. The Morgan fingerprint density at radius 2 is 1.10 bits per heavy atom. The zero-order chi connectivity index (χ0) is 44.1. The molecule has 1 heterocycles. The number of esters is 2. The van der Waals surface area contributed by atoms with E-state index in [1.165, 1.54) is 51.4 Å². The predicted molar refractivity (Wildman–Crippen MR) is 237 cm³/mol. The zero-order valence-corrected chi connectivity index (χ0v) is 37.7. The van der Waals surface area contributed by atoms with E-state index in [1.807, 2.05) is 0 Å². The first-order valence-electron chi connectivity index (χ1n) is 22.9. The van der Waals surface area contributed by atoms with Crippen LogP contribution in [-0.2, 0) is 38.7 Å². The fraction of sp³-hybridized carbons (Fsp3) is 0.766. The molecule has 12 nitrogen and oxygen atoms in total. The number of rotatable bonds is 37. The Bertz CT molecular complexity index is 1350. The molecule has 60 heavy (non-hydrogen) atoms. The minimum atomic E-state index is -4.61. The molecule has 1 rings (SSSR count). The minimum Gasteiger partial charge on any atom is -0.462 e. The average Bonchev–Trinajstić information content (AvgIpc) is 3.21. The Morgan fingerprint density at radius 1 is 0.617 bits per heavy atom. The van der Waals surface area contributed by atoms with Crippen LogP contribution in [0.5, 0.6) is 0 Å². The van der Waals surface area contributed by atoms with E-state index >= 15 is 0 Å². The standard InChI is InChI=1S/C47H80O12S/c1-3-5-7-9-11-13-15-17-19-20-22-23-25-27-29-31-33-35-42(48)56-37-40(38-57-47-46(52)45(51)44(50)41(59-47)39-60(53,54)55)58-43(49)36-34-32-30-28-26-24-21-18-16-14-12-10-8-6-4-2/h11,13,16-17,19,21-23,40-41,44-47,50-52H,3-10,12,14-15,20,24-39H2,1-2H3,(H,53,54,55)/b13-11+,19-17+,23-22+/t18?,40-,41-,44-,45?,46?,47+/m1/s1. The van der Waals surface area contributed by atoms with E-state index in [0.717, 1.165) is 83.5 Å². The molecule has 0 radical (unpaired) electrons. The molecule has 0 bridgehead atoms. The Labute approximate surface area is 362 Å². The number of unbranched alkanes of at least 4 members (excludes halogenated alkanes) is 17. The third-order valence-corrected chi connectivity index (χ3v) is 10.9. The number of carbonyl (C=O) groups is 2. The molecular formula is C47H80O12S. The summed E-state index contributed by atoms with van der Waals surface area (Å²) < 4.78 is 54.0. The normalized spacial score (nSPS) is 20.1. The van der Waals surface area contributed by atoms with Crippen LogP contribution in [0.3, 0.4) is 0 Å². The van der Waals surface area contributed by atoms with Gasteiger partial charge in [-0.05, 0) is 89.2 Å². The zero-order valence-electron chi connectivity index (χ0n) is 36.8. The van der Waals surface area contributed by atoms with Crippen LogP contribution >= 0.6 is 0 Å². The van der Waals surface area contributed by atoms with E-state index in [1.54, 1.807) is 0 Å². The first-order chi connectivity index (χ1) is 29.0. The summed E-state index contributed by atoms with van der Waals surface area (Å²) in [6.07, 6.45) is 32.2. The van der Waals surface area contributed by atoms with Crippen LogP contribution in [0.25, 0.3) is 0 Å². The topological polar surface area (TPSA) is 186 Å². The number of aliphatic hydroxyl groups is 3. The highest BCUT2D eigenvalue weighted by Crippen LogP contribution is 2.24. The van der Waals surface area contributed by atoms with Crippen LogP contribution in [0, 0.1) is 0 Å². The molecule has 0 aromatic carbocycles. The molecule has 0 saturated carbocycles. The van der Waals surface area contributed by atoms with Crippen molar-refractivity contribution in [3.8, 4) is 0 Å². The fourth-order valence-electron chi connectivity index (χ4n) is 6.54. The molecule has 0 amide bonds. The van der Waals surface area contributed by atoms with Gasteiger partial charge in [-0.2, -0.15) is 8.42 Å². The van der Waals surface area contributed by atoms with Crippen molar-refractivity contribution in [1.82, 2.24) is 0 Å². The molecule has 1 aliphatic rings. The summed E-state index contributed by atoms with van der Waals surface area (Å²) in [4.78, 5) is 25.4. The Hall–Kier alpha value is -2.61. The number of carbonyl (C=O) groups excluding carboxylic acids is 2. The summed E-state index contributed by atoms with van der Waals surface area (Å²) in [5.41, 5.74) is 3.27. The Morgan fingerprint density at radius 3 is 1.68 bits per heavy atom. The lowest BCUT2D eigenvalue weighted by molar-refractivity contribution is -0.297. The average molecular weight is 869 g/mol. The number of aliphatic hydroxyl groups excluding tert-OH is 3. The van der Waals surface area contributed by atoms with Crippen molar-refractivity contribution < 1.29 is 56.8 Å². The van der Waals surface area contributed by atoms with Gasteiger partial charge in [-0.1, -0.05) is 121 Å². The van der Waals surface area contributed by atoms with E-state index < -0.39 is 71.2 Å². The molecule has 0 aromatic rings. The van der Waals surface area contributed by atoms with Crippen LogP contribution < -0.4 is 0 Å². The molecule has 1 saturated heterocycles. The molecule has 0 spiro atoms. The smallest absolute Gasteiger partial charge is 0.306 e. The van der Waals surface area contributed by atoms with E-state index in [4.69, 9.17) is 18.9 Å². The summed E-state index contributed by atoms with van der Waals surface area (Å²) in [5.74, 6) is -2.04. The van der Waals surface area contributed by atoms with Gasteiger partial charge in [0, 0.05) is 12.8 Å².